The summed E-state index contributed by atoms with van der Waals surface area (Å²) in [6.07, 6.45) is 5.77. The highest BCUT2D eigenvalue weighted by Gasteiger charge is 2.47. The molecule has 2 fully saturated rings. The highest BCUT2D eigenvalue weighted by molar-refractivity contribution is 7.07. The number of unbranched alkanes of at least 4 members (excludes halogenated alkanes) is 3. The van der Waals surface area contributed by atoms with E-state index in [1.807, 2.05) is 9.80 Å². The van der Waals surface area contributed by atoms with Gasteiger partial charge >= 0.3 is 6.09 Å². The van der Waals surface area contributed by atoms with Gasteiger partial charge in [-0.25, -0.2) is 4.79 Å². The first-order chi connectivity index (χ1) is 12.0. The van der Waals surface area contributed by atoms with Gasteiger partial charge in [-0.15, -0.1) is 5.10 Å². The Morgan fingerprint density at radius 1 is 1.28 bits per heavy atom. The Morgan fingerprint density at radius 2 is 2.04 bits per heavy atom. The van der Waals surface area contributed by atoms with E-state index in [1.165, 1.54) is 12.8 Å². The predicted octanol–water partition coefficient (Wildman–Crippen LogP) is 2.85. The van der Waals surface area contributed by atoms with Crippen LogP contribution < -0.4 is 0 Å². The monoisotopic (exact) mass is 366 g/mol. The van der Waals surface area contributed by atoms with Crippen molar-refractivity contribution in [1.82, 2.24) is 19.4 Å². The van der Waals surface area contributed by atoms with E-state index in [1.54, 1.807) is 6.92 Å². The van der Waals surface area contributed by atoms with E-state index in [2.05, 4.69) is 16.5 Å². The molecule has 2 aliphatic rings. The average Bonchev–Trinajstić information content (AvgIpc) is 3.15. The Balaban J connectivity index is 1.52. The summed E-state index contributed by atoms with van der Waals surface area (Å²) < 4.78 is 9.57. The number of nitrogens with zero attached hydrogens (tertiary/aromatic N) is 4. The number of aromatic nitrogens is 2. The van der Waals surface area contributed by atoms with Gasteiger partial charge in [0.15, 0.2) is 0 Å². The van der Waals surface area contributed by atoms with Crippen LogP contribution in [0.25, 0.3) is 0 Å². The molecule has 0 atom stereocenters. The van der Waals surface area contributed by atoms with E-state index in [-0.39, 0.29) is 12.0 Å². The lowest BCUT2D eigenvalue weighted by Crippen LogP contribution is -2.48. The van der Waals surface area contributed by atoms with Crippen molar-refractivity contribution >= 4 is 23.5 Å². The summed E-state index contributed by atoms with van der Waals surface area (Å²) in [6, 6.07) is 0. The molecule has 3 heterocycles. The third-order valence-corrected chi connectivity index (χ3v) is 5.95. The van der Waals surface area contributed by atoms with Gasteiger partial charge in [-0.1, -0.05) is 30.7 Å². The molecule has 0 saturated carbocycles. The number of carbonyl (C=O) groups is 2. The minimum Gasteiger partial charge on any atom is -0.441 e. The maximum absolute atomic E-state index is 12.6. The van der Waals surface area contributed by atoms with Gasteiger partial charge < -0.3 is 14.5 Å². The Hall–Kier alpha value is -1.70. The number of rotatable bonds is 6. The van der Waals surface area contributed by atoms with Gasteiger partial charge in [-0.3, -0.25) is 4.79 Å². The molecule has 7 nitrogen and oxygen atoms in total. The zero-order valence-electron chi connectivity index (χ0n) is 15.0. The quantitative estimate of drug-likeness (QED) is 0.724. The Kier molecular flexibility index (Phi) is 5.56. The van der Waals surface area contributed by atoms with Gasteiger partial charge in [0.2, 0.25) is 0 Å². The lowest BCUT2D eigenvalue weighted by atomic mass is 9.91. The molecule has 2 saturated heterocycles. The van der Waals surface area contributed by atoms with E-state index in [9.17, 15) is 9.59 Å². The van der Waals surface area contributed by atoms with Gasteiger partial charge in [0.25, 0.3) is 5.91 Å². The second-order valence-electron chi connectivity index (χ2n) is 7.01. The van der Waals surface area contributed by atoms with Crippen LogP contribution in [0.15, 0.2) is 0 Å². The molecule has 1 aromatic heterocycles. The van der Waals surface area contributed by atoms with Gasteiger partial charge in [0.05, 0.1) is 12.2 Å². The van der Waals surface area contributed by atoms with Crippen molar-refractivity contribution in [3.8, 4) is 0 Å². The number of hydrogen-bond acceptors (Lipinski definition) is 6. The molecule has 2 aliphatic heterocycles. The minimum absolute atomic E-state index is 0.0110. The van der Waals surface area contributed by atoms with Crippen LogP contribution in [0.5, 0.6) is 0 Å². The molecule has 25 heavy (non-hydrogen) atoms. The number of amides is 2. The number of hydrogen-bond donors (Lipinski definition) is 0. The van der Waals surface area contributed by atoms with Crippen LogP contribution in [-0.2, 0) is 4.74 Å². The van der Waals surface area contributed by atoms with Crippen LogP contribution in [0.4, 0.5) is 4.79 Å². The summed E-state index contributed by atoms with van der Waals surface area (Å²) in [5.41, 5.74) is 0.264. The molecule has 1 spiro atoms. The van der Waals surface area contributed by atoms with Crippen molar-refractivity contribution in [2.75, 3.05) is 26.2 Å². The van der Waals surface area contributed by atoms with E-state index in [0.717, 1.165) is 30.9 Å². The van der Waals surface area contributed by atoms with Crippen molar-refractivity contribution in [2.45, 2.75) is 58.0 Å². The van der Waals surface area contributed by atoms with Crippen LogP contribution in [0.3, 0.4) is 0 Å². The molecule has 0 unspecified atom stereocenters. The lowest BCUT2D eigenvalue weighted by Gasteiger charge is -2.37. The first-order valence-electron chi connectivity index (χ1n) is 9.11. The molecular weight excluding hydrogens is 340 g/mol. The fraction of sp³-hybridized carbons (Fsp3) is 0.765. The van der Waals surface area contributed by atoms with E-state index >= 15 is 0 Å². The molecule has 0 aliphatic carbocycles. The third kappa shape index (κ3) is 3.94. The molecule has 0 radical (unpaired) electrons. The van der Waals surface area contributed by atoms with Crippen molar-refractivity contribution in [3.63, 3.8) is 0 Å². The first-order valence-corrected chi connectivity index (χ1v) is 9.88. The van der Waals surface area contributed by atoms with Crippen LogP contribution in [0.1, 0.15) is 60.8 Å². The Bertz CT molecular complexity index is 625. The number of piperidine rings is 1. The number of aryl methyl sites for hydroxylation is 1. The van der Waals surface area contributed by atoms with Gasteiger partial charge in [0, 0.05) is 32.5 Å². The topological polar surface area (TPSA) is 75.6 Å². The molecule has 138 valence electrons. The van der Waals surface area contributed by atoms with E-state index in [0.29, 0.717) is 43.0 Å². The fourth-order valence-electron chi connectivity index (χ4n) is 3.54. The molecule has 2 amide bonds. The maximum atomic E-state index is 12.6. The van der Waals surface area contributed by atoms with Crippen LogP contribution in [-0.4, -0.2) is 63.2 Å². The average molecular weight is 366 g/mol. The summed E-state index contributed by atoms with van der Waals surface area (Å²) in [5, 5.41) is 3.91. The second-order valence-corrected chi connectivity index (χ2v) is 7.77. The molecule has 0 bridgehead atoms. The van der Waals surface area contributed by atoms with Crippen molar-refractivity contribution in [3.05, 3.63) is 10.6 Å². The molecule has 0 N–H and O–H groups in total. The predicted molar refractivity (Wildman–Crippen MR) is 94.7 cm³/mol. The summed E-state index contributed by atoms with van der Waals surface area (Å²) >= 11 is 1.14. The number of carbonyl (C=O) groups excluding carboxylic acids is 2. The molecule has 8 heteroatoms. The lowest BCUT2D eigenvalue weighted by molar-refractivity contribution is 0.00326. The molecule has 1 aromatic rings. The molecular formula is C17H26N4O3S. The highest BCUT2D eigenvalue weighted by Crippen LogP contribution is 2.34. The van der Waals surface area contributed by atoms with Crippen LogP contribution in [0, 0.1) is 6.92 Å². The highest BCUT2D eigenvalue weighted by atomic mass is 32.1. The van der Waals surface area contributed by atoms with Crippen molar-refractivity contribution < 1.29 is 14.3 Å². The SMILES string of the molecule is CCCCCCN1CC2(CCN(C(=O)c3snnc3C)CC2)OC1=O. The zero-order chi connectivity index (χ0) is 17.9. The van der Waals surface area contributed by atoms with Crippen molar-refractivity contribution in [2.24, 2.45) is 0 Å². The minimum atomic E-state index is -0.417. The fourth-order valence-corrected chi connectivity index (χ4v) is 4.17. The number of ether oxygens (including phenoxy) is 1. The Labute approximate surface area is 152 Å². The molecule has 0 aromatic carbocycles. The molecule has 3 rings (SSSR count). The summed E-state index contributed by atoms with van der Waals surface area (Å²) in [7, 11) is 0. The zero-order valence-corrected chi connectivity index (χ0v) is 15.8. The first kappa shape index (κ1) is 18.1. The number of likely N-dealkylation sites (tertiary alicyclic amines) is 1. The van der Waals surface area contributed by atoms with Crippen LogP contribution in [0.2, 0.25) is 0 Å². The summed E-state index contributed by atoms with van der Waals surface area (Å²) in [5.74, 6) is -0.0110. The normalized spacial score (nSPS) is 19.5. The smallest absolute Gasteiger partial charge is 0.410 e. The van der Waals surface area contributed by atoms with Gasteiger partial charge in [-0.05, 0) is 24.9 Å². The standard InChI is InChI=1S/C17H26N4O3S/c1-3-4-5-6-9-21-12-17(24-16(21)23)7-10-20(11-8-17)15(22)14-13(2)18-19-25-14/h3-12H2,1-2H3. The van der Waals surface area contributed by atoms with Crippen LogP contribution >= 0.6 is 11.5 Å². The summed E-state index contributed by atoms with van der Waals surface area (Å²) in [6.45, 7) is 6.62. The second kappa shape index (κ2) is 7.68. The third-order valence-electron chi connectivity index (χ3n) is 5.13. The van der Waals surface area contributed by atoms with Crippen molar-refractivity contribution in [1.29, 1.82) is 0 Å². The Morgan fingerprint density at radius 3 is 2.68 bits per heavy atom. The summed E-state index contributed by atoms with van der Waals surface area (Å²) in [4.78, 5) is 29.0. The van der Waals surface area contributed by atoms with E-state index < -0.39 is 5.60 Å². The van der Waals surface area contributed by atoms with E-state index in [4.69, 9.17) is 4.74 Å². The maximum Gasteiger partial charge on any atom is 0.410 e. The van der Waals surface area contributed by atoms with Gasteiger partial charge in [0.1, 0.15) is 10.5 Å². The largest absolute Gasteiger partial charge is 0.441 e. The van der Waals surface area contributed by atoms with Gasteiger partial charge in [-0.2, -0.15) is 0 Å².